The van der Waals surface area contributed by atoms with Crippen LogP contribution in [0.1, 0.15) is 43.5 Å². The van der Waals surface area contributed by atoms with Crippen LogP contribution in [0.4, 0.5) is 5.69 Å². The number of aromatic nitrogens is 2. The first-order chi connectivity index (χ1) is 12.7. The van der Waals surface area contributed by atoms with Gasteiger partial charge in [0.15, 0.2) is 0 Å². The predicted molar refractivity (Wildman–Crippen MR) is 106 cm³/mol. The van der Waals surface area contributed by atoms with Gasteiger partial charge in [0.05, 0.1) is 11.0 Å². The minimum absolute atomic E-state index is 0.146. The zero-order valence-corrected chi connectivity index (χ0v) is 15.5. The largest absolute Gasteiger partial charge is 0.328 e. The molecule has 134 valence electrons. The van der Waals surface area contributed by atoms with Crippen molar-refractivity contribution < 1.29 is 4.79 Å². The number of aryl methyl sites for hydroxylation is 2. The molecule has 1 aliphatic rings. The van der Waals surface area contributed by atoms with Crippen molar-refractivity contribution in [2.45, 2.75) is 45.6 Å². The third-order valence-corrected chi connectivity index (χ3v) is 5.22. The maximum atomic E-state index is 12.7. The fourth-order valence-corrected chi connectivity index (χ4v) is 3.88. The lowest BCUT2D eigenvalue weighted by atomic mass is 10.1. The van der Waals surface area contributed by atoms with Crippen LogP contribution in [0.25, 0.3) is 11.0 Å². The highest BCUT2D eigenvalue weighted by atomic mass is 16.2. The molecule has 0 aliphatic carbocycles. The lowest BCUT2D eigenvalue weighted by molar-refractivity contribution is -0.117. The van der Waals surface area contributed by atoms with Gasteiger partial charge in [-0.05, 0) is 43.2 Å². The number of benzene rings is 2. The Labute approximate surface area is 154 Å². The van der Waals surface area contributed by atoms with Crippen molar-refractivity contribution in [3.8, 4) is 0 Å². The van der Waals surface area contributed by atoms with Gasteiger partial charge >= 0.3 is 0 Å². The highest BCUT2D eigenvalue weighted by Crippen LogP contribution is 2.33. The molecule has 0 saturated carbocycles. The molecule has 4 heteroatoms. The van der Waals surface area contributed by atoms with Crippen molar-refractivity contribution >= 4 is 22.6 Å². The fraction of sp³-hybridized carbons (Fsp3) is 0.364. The Morgan fingerprint density at radius 1 is 1.15 bits per heavy atom. The summed E-state index contributed by atoms with van der Waals surface area (Å²) in [5, 5.41) is 0. The van der Waals surface area contributed by atoms with Gasteiger partial charge in [-0.1, -0.05) is 37.6 Å². The summed E-state index contributed by atoms with van der Waals surface area (Å²) in [6.45, 7) is 5.93. The average Bonchev–Trinajstić information content (AvgIpc) is 3.20. The van der Waals surface area contributed by atoms with Crippen LogP contribution in [0.5, 0.6) is 0 Å². The van der Waals surface area contributed by atoms with Gasteiger partial charge in [0.2, 0.25) is 5.91 Å². The third kappa shape index (κ3) is 3.00. The van der Waals surface area contributed by atoms with Crippen LogP contribution in [0.15, 0.2) is 48.5 Å². The number of unbranched alkanes of at least 4 members (excludes halogenated alkanes) is 1. The minimum Gasteiger partial charge on any atom is -0.328 e. The second-order valence-electron chi connectivity index (χ2n) is 7.21. The Morgan fingerprint density at radius 2 is 2.00 bits per heavy atom. The maximum Gasteiger partial charge on any atom is 0.227 e. The Hall–Kier alpha value is -2.62. The number of fused-ring (bicyclic) bond motifs is 1. The van der Waals surface area contributed by atoms with Gasteiger partial charge in [-0.2, -0.15) is 0 Å². The molecule has 1 saturated heterocycles. The second-order valence-corrected chi connectivity index (χ2v) is 7.21. The second kappa shape index (κ2) is 6.94. The van der Waals surface area contributed by atoms with Crippen molar-refractivity contribution in [1.29, 1.82) is 0 Å². The van der Waals surface area contributed by atoms with E-state index in [0.29, 0.717) is 13.0 Å². The lowest BCUT2D eigenvalue weighted by Gasteiger charge is -2.18. The smallest absolute Gasteiger partial charge is 0.227 e. The SMILES string of the molecule is CCCCn1c([C@@H]2CC(=O)N(c3cccc(C)c3)C2)nc2ccccc21. The Morgan fingerprint density at radius 3 is 2.81 bits per heavy atom. The summed E-state index contributed by atoms with van der Waals surface area (Å²) in [7, 11) is 0. The van der Waals surface area contributed by atoms with E-state index in [0.717, 1.165) is 36.4 Å². The van der Waals surface area contributed by atoms with Crippen molar-refractivity contribution in [1.82, 2.24) is 9.55 Å². The van der Waals surface area contributed by atoms with Gasteiger partial charge in [-0.3, -0.25) is 4.79 Å². The summed E-state index contributed by atoms with van der Waals surface area (Å²) in [5.74, 6) is 1.39. The van der Waals surface area contributed by atoms with E-state index in [1.165, 1.54) is 11.1 Å². The van der Waals surface area contributed by atoms with E-state index in [-0.39, 0.29) is 11.8 Å². The molecule has 0 unspecified atom stereocenters. The molecule has 1 amide bonds. The predicted octanol–water partition coefficient (Wildman–Crippen LogP) is 4.67. The number of carbonyl (C=O) groups is 1. The first kappa shape index (κ1) is 16.8. The van der Waals surface area contributed by atoms with Gasteiger partial charge in [-0.15, -0.1) is 0 Å². The van der Waals surface area contributed by atoms with Crippen molar-refractivity contribution in [3.05, 3.63) is 59.9 Å². The standard InChI is InChI=1S/C22H25N3O/c1-3-4-12-24-20-11-6-5-10-19(20)23-22(24)17-14-21(26)25(15-17)18-9-7-8-16(2)13-18/h5-11,13,17H,3-4,12,14-15H2,1-2H3/t17-/m1/s1. The average molecular weight is 347 g/mol. The topological polar surface area (TPSA) is 38.1 Å². The number of para-hydroxylation sites is 2. The van der Waals surface area contributed by atoms with Gasteiger partial charge in [0, 0.05) is 31.1 Å². The highest BCUT2D eigenvalue weighted by Gasteiger charge is 2.34. The molecule has 1 fully saturated rings. The van der Waals surface area contributed by atoms with Crippen LogP contribution in [-0.2, 0) is 11.3 Å². The van der Waals surface area contributed by atoms with E-state index in [1.807, 2.05) is 23.1 Å². The van der Waals surface area contributed by atoms with E-state index < -0.39 is 0 Å². The molecule has 4 nitrogen and oxygen atoms in total. The molecule has 0 bridgehead atoms. The van der Waals surface area contributed by atoms with E-state index in [4.69, 9.17) is 4.98 Å². The van der Waals surface area contributed by atoms with Crippen LogP contribution < -0.4 is 4.90 Å². The molecular formula is C22H25N3O. The first-order valence-corrected chi connectivity index (χ1v) is 9.49. The van der Waals surface area contributed by atoms with Crippen LogP contribution >= 0.6 is 0 Å². The number of nitrogens with zero attached hydrogens (tertiary/aromatic N) is 3. The van der Waals surface area contributed by atoms with Crippen molar-refractivity contribution in [3.63, 3.8) is 0 Å². The molecule has 3 aromatic rings. The normalized spacial score (nSPS) is 17.4. The number of imidazole rings is 1. The molecule has 2 aromatic carbocycles. The fourth-order valence-electron chi connectivity index (χ4n) is 3.88. The summed E-state index contributed by atoms with van der Waals surface area (Å²) in [5.41, 5.74) is 4.38. The monoisotopic (exact) mass is 347 g/mol. The van der Waals surface area contributed by atoms with Crippen LogP contribution in [0, 0.1) is 6.92 Å². The highest BCUT2D eigenvalue weighted by molar-refractivity contribution is 5.96. The van der Waals surface area contributed by atoms with Crippen molar-refractivity contribution in [2.24, 2.45) is 0 Å². The Balaban J connectivity index is 1.68. The van der Waals surface area contributed by atoms with Crippen LogP contribution in [-0.4, -0.2) is 22.0 Å². The summed E-state index contributed by atoms with van der Waals surface area (Å²) in [6.07, 6.45) is 2.80. The molecule has 26 heavy (non-hydrogen) atoms. The van der Waals surface area contributed by atoms with Gasteiger partial charge in [0.1, 0.15) is 5.82 Å². The molecule has 1 aliphatic heterocycles. The molecular weight excluding hydrogens is 322 g/mol. The van der Waals surface area contributed by atoms with E-state index >= 15 is 0 Å². The van der Waals surface area contributed by atoms with Gasteiger partial charge in [-0.25, -0.2) is 4.98 Å². The van der Waals surface area contributed by atoms with Crippen LogP contribution in [0.3, 0.4) is 0 Å². The number of hydrogen-bond acceptors (Lipinski definition) is 2. The summed E-state index contributed by atoms with van der Waals surface area (Å²) < 4.78 is 2.33. The summed E-state index contributed by atoms with van der Waals surface area (Å²) in [6, 6.07) is 16.5. The van der Waals surface area contributed by atoms with E-state index in [1.54, 1.807) is 0 Å². The number of amides is 1. The summed E-state index contributed by atoms with van der Waals surface area (Å²) >= 11 is 0. The van der Waals surface area contributed by atoms with Crippen molar-refractivity contribution in [2.75, 3.05) is 11.4 Å². The molecule has 1 aromatic heterocycles. The minimum atomic E-state index is 0.146. The van der Waals surface area contributed by atoms with Crippen LogP contribution in [0.2, 0.25) is 0 Å². The summed E-state index contributed by atoms with van der Waals surface area (Å²) in [4.78, 5) is 19.5. The lowest BCUT2D eigenvalue weighted by Crippen LogP contribution is -2.24. The number of hydrogen-bond donors (Lipinski definition) is 0. The number of anilines is 1. The number of rotatable bonds is 5. The Kier molecular flexibility index (Phi) is 4.49. The van der Waals surface area contributed by atoms with Gasteiger partial charge < -0.3 is 9.47 Å². The quantitative estimate of drug-likeness (QED) is 0.673. The molecule has 2 heterocycles. The third-order valence-electron chi connectivity index (χ3n) is 5.22. The maximum absolute atomic E-state index is 12.7. The van der Waals surface area contributed by atoms with E-state index in [2.05, 4.69) is 48.7 Å². The zero-order chi connectivity index (χ0) is 18.1. The molecule has 0 radical (unpaired) electrons. The zero-order valence-electron chi connectivity index (χ0n) is 15.5. The molecule has 1 atom stereocenters. The Bertz CT molecular complexity index is 943. The van der Waals surface area contributed by atoms with E-state index in [9.17, 15) is 4.79 Å². The molecule has 0 spiro atoms. The first-order valence-electron chi connectivity index (χ1n) is 9.49. The number of carbonyl (C=O) groups excluding carboxylic acids is 1. The van der Waals surface area contributed by atoms with Gasteiger partial charge in [0.25, 0.3) is 0 Å². The molecule has 0 N–H and O–H groups in total. The molecule has 4 rings (SSSR count).